The molecule has 0 aliphatic rings. The molecule has 0 fully saturated rings. The molecular formula is C66H120N2O7P+. The maximum Gasteiger partial charge on any atom is 0.472 e. The van der Waals surface area contributed by atoms with Gasteiger partial charge in [-0.2, -0.15) is 0 Å². The Hall–Kier alpha value is -2.81. The lowest BCUT2D eigenvalue weighted by Crippen LogP contribution is -2.47. The number of amides is 1. The first-order valence-corrected chi connectivity index (χ1v) is 32.9. The van der Waals surface area contributed by atoms with Crippen LogP contribution in [0.3, 0.4) is 0 Å². The third-order valence-electron chi connectivity index (χ3n) is 13.6. The molecule has 0 radical (unpaired) electrons. The molecule has 0 heterocycles. The highest BCUT2D eigenvalue weighted by Gasteiger charge is 2.30. The number of ether oxygens (including phenoxy) is 1. The Kier molecular flexibility index (Phi) is 53.5. The van der Waals surface area contributed by atoms with Crippen molar-refractivity contribution in [3.05, 3.63) is 85.1 Å². The Bertz CT molecular complexity index is 1580. The van der Waals surface area contributed by atoms with Crippen LogP contribution in [0.1, 0.15) is 271 Å². The third-order valence-corrected chi connectivity index (χ3v) is 14.6. The Morgan fingerprint density at radius 1 is 0.474 bits per heavy atom. The predicted octanol–water partition coefficient (Wildman–Crippen LogP) is 19.4. The summed E-state index contributed by atoms with van der Waals surface area (Å²) in [6.07, 6.45) is 72.9. The second-order valence-corrected chi connectivity index (χ2v) is 23.6. The summed E-state index contributed by atoms with van der Waals surface area (Å²) >= 11 is 0. The monoisotopic (exact) mass is 1080 g/mol. The molecule has 0 saturated heterocycles. The van der Waals surface area contributed by atoms with Gasteiger partial charge in [0.15, 0.2) is 0 Å². The first-order valence-electron chi connectivity index (χ1n) is 31.4. The third kappa shape index (κ3) is 55.9. The molecule has 0 bridgehead atoms. The van der Waals surface area contributed by atoms with Crippen molar-refractivity contribution < 1.29 is 37.3 Å². The van der Waals surface area contributed by atoms with Gasteiger partial charge in [0.25, 0.3) is 0 Å². The largest absolute Gasteiger partial charge is 0.472 e. The molecule has 0 saturated carbocycles. The number of likely N-dealkylation sites (N-methyl/N-ethyl adjacent to an activating group) is 1. The van der Waals surface area contributed by atoms with Gasteiger partial charge >= 0.3 is 13.8 Å². The number of unbranched alkanes of at least 4 members (excludes halogenated alkanes) is 28. The van der Waals surface area contributed by atoms with Crippen LogP contribution >= 0.6 is 7.82 Å². The average Bonchev–Trinajstić information content (AvgIpc) is 3.38. The van der Waals surface area contributed by atoms with E-state index in [1.807, 2.05) is 33.3 Å². The number of hydrogen-bond acceptors (Lipinski definition) is 6. The summed E-state index contributed by atoms with van der Waals surface area (Å²) in [4.78, 5) is 37.7. The van der Waals surface area contributed by atoms with Gasteiger partial charge in [0, 0.05) is 12.8 Å². The molecule has 440 valence electrons. The van der Waals surface area contributed by atoms with E-state index in [4.69, 9.17) is 13.8 Å². The maximum atomic E-state index is 13.6. The van der Waals surface area contributed by atoms with E-state index in [1.165, 1.54) is 122 Å². The SMILES string of the molecule is CC/C=C\C/C=C\C/C=C\C/C=C\C/C=C\CCCCCCCCCC(=O)NC(COP(=O)(O)OCC[N+](C)(C)C)C(/C=C\CCCCCCCCCCCC)OC(=O)CCCCCCCCC/C=C\CCCCCC. The zero-order chi connectivity index (χ0) is 55.7. The van der Waals surface area contributed by atoms with Crippen molar-refractivity contribution >= 4 is 19.7 Å². The molecule has 9 nitrogen and oxygen atoms in total. The molecule has 0 aromatic carbocycles. The van der Waals surface area contributed by atoms with E-state index in [-0.39, 0.29) is 31.5 Å². The normalized spacial score (nSPS) is 14.2. The van der Waals surface area contributed by atoms with Crippen LogP contribution < -0.4 is 5.32 Å². The van der Waals surface area contributed by atoms with Gasteiger partial charge in [0.05, 0.1) is 33.8 Å². The van der Waals surface area contributed by atoms with Gasteiger partial charge in [-0.3, -0.25) is 18.6 Å². The molecule has 3 atom stereocenters. The predicted molar refractivity (Wildman–Crippen MR) is 328 cm³/mol. The van der Waals surface area contributed by atoms with E-state index in [0.717, 1.165) is 116 Å². The number of carbonyl (C=O) groups excluding carboxylic acids is 2. The standard InChI is InChI=1S/C66H119N2O7P/c1-7-10-13-16-19-22-25-28-30-31-32-33-34-35-36-37-39-40-43-46-49-52-55-58-65(69)67-63(62-74-76(71,72)73-61-60-68(4,5)6)64(57-54-51-48-45-42-27-24-21-18-15-12-9-3)75-66(70)59-56-53-50-47-44-41-38-29-26-23-20-17-14-11-8-2/h10,13,19,22-23,26,28,30,32-33,35-36,54,57,63-64H,7-9,11-12,14-18,20-21,24-25,27,29,31,34,37-53,55-56,58-62H2,1-6H3,(H-,67,69,71,72)/p+1/b13-10-,22-19-,26-23-,30-28-,33-32-,36-35-,57-54-. The van der Waals surface area contributed by atoms with Crippen LogP contribution in [0.2, 0.25) is 0 Å². The van der Waals surface area contributed by atoms with Gasteiger partial charge in [0.1, 0.15) is 19.3 Å². The second kappa shape index (κ2) is 55.5. The Balaban J connectivity index is 5.23. The van der Waals surface area contributed by atoms with E-state index >= 15 is 0 Å². The second-order valence-electron chi connectivity index (χ2n) is 22.2. The number of nitrogens with one attached hydrogen (secondary N) is 1. The van der Waals surface area contributed by atoms with E-state index in [2.05, 4.69) is 99.0 Å². The summed E-state index contributed by atoms with van der Waals surface area (Å²) in [5, 5.41) is 3.05. The molecule has 3 unspecified atom stereocenters. The molecule has 1 amide bonds. The minimum atomic E-state index is -4.46. The number of quaternary nitrogens is 1. The molecule has 10 heteroatoms. The van der Waals surface area contributed by atoms with Crippen LogP contribution in [0.5, 0.6) is 0 Å². The van der Waals surface area contributed by atoms with Crippen LogP contribution in [-0.4, -0.2) is 74.3 Å². The Morgan fingerprint density at radius 3 is 1.29 bits per heavy atom. The van der Waals surface area contributed by atoms with E-state index in [0.29, 0.717) is 17.4 Å². The summed E-state index contributed by atoms with van der Waals surface area (Å²) in [5.74, 6) is -0.523. The molecular weight excluding hydrogens is 964 g/mol. The summed E-state index contributed by atoms with van der Waals surface area (Å²) < 4.78 is 30.7. The molecule has 0 rings (SSSR count). The number of carbonyl (C=O) groups is 2. The number of allylic oxidation sites excluding steroid dienone is 13. The van der Waals surface area contributed by atoms with Crippen LogP contribution in [0.25, 0.3) is 0 Å². The lowest BCUT2D eigenvalue weighted by molar-refractivity contribution is -0.870. The maximum absolute atomic E-state index is 13.6. The van der Waals surface area contributed by atoms with Crippen LogP contribution in [0.15, 0.2) is 85.1 Å². The summed E-state index contributed by atoms with van der Waals surface area (Å²) in [6, 6.07) is -0.859. The summed E-state index contributed by atoms with van der Waals surface area (Å²) in [5.41, 5.74) is 0. The number of phosphoric ester groups is 1. The lowest BCUT2D eigenvalue weighted by atomic mass is 10.0. The van der Waals surface area contributed by atoms with Crippen LogP contribution in [0.4, 0.5) is 0 Å². The topological polar surface area (TPSA) is 111 Å². The molecule has 2 N–H and O–H groups in total. The van der Waals surface area contributed by atoms with Crippen molar-refractivity contribution in [3.63, 3.8) is 0 Å². The number of phosphoric acid groups is 1. The van der Waals surface area contributed by atoms with Crippen LogP contribution in [0, 0.1) is 0 Å². The summed E-state index contributed by atoms with van der Waals surface area (Å²) in [6.45, 7) is 6.88. The van der Waals surface area contributed by atoms with Crippen LogP contribution in [-0.2, 0) is 27.9 Å². The fourth-order valence-corrected chi connectivity index (χ4v) is 9.46. The minimum absolute atomic E-state index is 0.0341. The van der Waals surface area contributed by atoms with Gasteiger partial charge in [-0.05, 0) is 102 Å². The zero-order valence-electron chi connectivity index (χ0n) is 50.2. The first-order chi connectivity index (χ1) is 36.9. The van der Waals surface area contributed by atoms with Gasteiger partial charge in [0.2, 0.25) is 5.91 Å². The Morgan fingerprint density at radius 2 is 0.842 bits per heavy atom. The fraction of sp³-hybridized carbons (Fsp3) is 0.758. The highest BCUT2D eigenvalue weighted by atomic mass is 31.2. The molecule has 0 aliphatic heterocycles. The fourth-order valence-electron chi connectivity index (χ4n) is 8.73. The highest BCUT2D eigenvalue weighted by molar-refractivity contribution is 7.47. The average molecular weight is 1080 g/mol. The zero-order valence-corrected chi connectivity index (χ0v) is 51.1. The number of esters is 1. The van der Waals surface area contributed by atoms with Crippen molar-refractivity contribution in [1.82, 2.24) is 5.32 Å². The van der Waals surface area contributed by atoms with E-state index in [1.54, 1.807) is 0 Å². The lowest BCUT2D eigenvalue weighted by Gasteiger charge is -2.27. The van der Waals surface area contributed by atoms with E-state index in [9.17, 15) is 19.0 Å². The summed E-state index contributed by atoms with van der Waals surface area (Å²) in [7, 11) is 1.48. The van der Waals surface area contributed by atoms with Gasteiger partial charge in [-0.1, -0.05) is 241 Å². The molecule has 0 spiro atoms. The quantitative estimate of drug-likeness (QED) is 0.0205. The van der Waals surface area contributed by atoms with Crippen molar-refractivity contribution in [2.24, 2.45) is 0 Å². The number of hydrogen-bond donors (Lipinski definition) is 2. The van der Waals surface area contributed by atoms with Crippen molar-refractivity contribution in [1.29, 1.82) is 0 Å². The van der Waals surface area contributed by atoms with Gasteiger partial charge in [-0.15, -0.1) is 0 Å². The van der Waals surface area contributed by atoms with Gasteiger partial charge in [-0.25, -0.2) is 4.57 Å². The van der Waals surface area contributed by atoms with Crippen molar-refractivity contribution in [2.45, 2.75) is 283 Å². The van der Waals surface area contributed by atoms with Gasteiger partial charge < -0.3 is 19.4 Å². The Labute approximate surface area is 469 Å². The molecule has 0 aromatic rings. The number of nitrogens with zero attached hydrogens (tertiary/aromatic N) is 1. The molecule has 76 heavy (non-hydrogen) atoms. The molecule has 0 aliphatic carbocycles. The first kappa shape index (κ1) is 73.2. The molecule has 0 aromatic heterocycles. The number of rotatable bonds is 56. The minimum Gasteiger partial charge on any atom is -0.456 e. The highest BCUT2D eigenvalue weighted by Crippen LogP contribution is 2.43. The van der Waals surface area contributed by atoms with Crippen molar-refractivity contribution in [2.75, 3.05) is 40.9 Å². The smallest absolute Gasteiger partial charge is 0.456 e. The van der Waals surface area contributed by atoms with Crippen molar-refractivity contribution in [3.8, 4) is 0 Å². The van der Waals surface area contributed by atoms with E-state index < -0.39 is 20.0 Å².